The van der Waals surface area contributed by atoms with E-state index < -0.39 is 91.5 Å². The van der Waals surface area contributed by atoms with E-state index in [2.05, 4.69) is 106 Å². The Hall–Kier alpha value is -3.27. The molecule has 0 heterocycles. The smallest absolute Gasteiger partial charge is 0.463 e. The lowest BCUT2D eigenvalue weighted by atomic mass is 10.0. The zero-order valence-corrected chi connectivity index (χ0v) is 67.5. The third-order valence-electron chi connectivity index (χ3n) is 18.1. The SMILES string of the molecule is CC/C=C\C/C=C\C/C=C\CCCCCCCCCC(=O)OCC(COP(=O)(O)OCC(O)COP(=O)(O)OCC(O)COC(=O)CCCCCCCCCCCCCCCCCCCCC/C=C\C/C=C\C/C=C\C/C=C\CCCCC)OC(=O)CCCCCCCCCCCCCCCCC. The summed E-state index contributed by atoms with van der Waals surface area (Å²) in [5.41, 5.74) is 0. The largest absolute Gasteiger partial charge is 0.472 e. The zero-order chi connectivity index (χ0) is 75.2. The van der Waals surface area contributed by atoms with E-state index in [0.717, 1.165) is 128 Å². The maximum atomic E-state index is 13.0. The van der Waals surface area contributed by atoms with Gasteiger partial charge in [-0.1, -0.05) is 350 Å². The summed E-state index contributed by atoms with van der Waals surface area (Å²) in [5, 5.41) is 20.7. The van der Waals surface area contributed by atoms with Crippen molar-refractivity contribution >= 4 is 33.6 Å². The van der Waals surface area contributed by atoms with Gasteiger partial charge in [0.05, 0.1) is 26.4 Å². The first kappa shape index (κ1) is 99.7. The van der Waals surface area contributed by atoms with Gasteiger partial charge in [-0.25, -0.2) is 9.13 Å². The van der Waals surface area contributed by atoms with Gasteiger partial charge in [0.15, 0.2) is 6.10 Å². The number of phosphoric ester groups is 2. The lowest BCUT2D eigenvalue weighted by molar-refractivity contribution is -0.161. The number of aliphatic hydroxyl groups excluding tert-OH is 2. The van der Waals surface area contributed by atoms with Crippen molar-refractivity contribution in [1.29, 1.82) is 0 Å². The van der Waals surface area contributed by atoms with Gasteiger partial charge in [0.25, 0.3) is 0 Å². The molecular formula is C85H154O16P2. The Bertz CT molecular complexity index is 2210. The first-order valence-electron chi connectivity index (χ1n) is 41.9. The highest BCUT2D eigenvalue weighted by Gasteiger charge is 2.29. The molecule has 0 rings (SSSR count). The Balaban J connectivity index is 4.35. The van der Waals surface area contributed by atoms with Crippen molar-refractivity contribution in [3.05, 3.63) is 85.1 Å². The van der Waals surface area contributed by atoms with Crippen molar-refractivity contribution in [2.24, 2.45) is 0 Å². The number of phosphoric acid groups is 2. The molecule has 0 radical (unpaired) electrons. The van der Waals surface area contributed by atoms with Crippen LogP contribution in [-0.4, -0.2) is 95.9 Å². The van der Waals surface area contributed by atoms with Crippen molar-refractivity contribution in [3.8, 4) is 0 Å². The van der Waals surface area contributed by atoms with Crippen LogP contribution in [0.5, 0.6) is 0 Å². The highest BCUT2D eigenvalue weighted by molar-refractivity contribution is 7.47. The number of allylic oxidation sites excluding steroid dienone is 14. The third-order valence-corrected chi connectivity index (χ3v) is 20.0. The number of aliphatic hydroxyl groups is 2. The standard InChI is InChI=1S/C85H154O16P2/c1-4-7-10-13-16-19-22-25-28-30-31-32-33-34-35-36-37-38-39-40-41-42-43-44-45-46-47-49-52-53-56-59-62-65-68-71-83(88)95-74-80(86)75-97-102(91,92)98-76-81(87)77-99-103(93,94)100-79-82(101-85(90)73-70-67-64-61-58-55-50-27-24-21-18-15-12-9-6-3)78-96-84(89)72-69-66-63-60-57-54-51-48-29-26-23-20-17-14-11-8-5-2/h8,11,16-17,19-20,25-26,28-29,31-32,34-35,80-82,86-87H,4-7,9-10,12-15,18,21-24,27,30,33,36-79H2,1-3H3,(H,91,92)(H,93,94)/b11-8-,19-16-,20-17-,28-25-,29-26-,32-31-,35-34-. The molecule has 0 amide bonds. The average Bonchev–Trinajstić information content (AvgIpc) is 0.927. The van der Waals surface area contributed by atoms with Crippen LogP contribution in [0.15, 0.2) is 85.1 Å². The minimum atomic E-state index is -4.93. The predicted octanol–water partition coefficient (Wildman–Crippen LogP) is 24.8. The molecule has 600 valence electrons. The monoisotopic (exact) mass is 1490 g/mol. The predicted molar refractivity (Wildman–Crippen MR) is 427 cm³/mol. The normalized spacial score (nSPS) is 14.4. The molecule has 18 heteroatoms. The van der Waals surface area contributed by atoms with Crippen LogP contribution in [0.25, 0.3) is 0 Å². The lowest BCUT2D eigenvalue weighted by Crippen LogP contribution is -2.30. The number of carbonyl (C=O) groups is 3. The summed E-state index contributed by atoms with van der Waals surface area (Å²) in [6.07, 6.45) is 89.4. The first-order chi connectivity index (χ1) is 50.2. The summed E-state index contributed by atoms with van der Waals surface area (Å²) < 4.78 is 61.2. The van der Waals surface area contributed by atoms with Gasteiger partial charge in [-0.3, -0.25) is 32.5 Å². The van der Waals surface area contributed by atoms with Crippen LogP contribution in [-0.2, 0) is 55.8 Å². The number of hydrogen-bond acceptors (Lipinski definition) is 14. The maximum Gasteiger partial charge on any atom is 0.472 e. The number of ether oxygens (including phenoxy) is 3. The zero-order valence-electron chi connectivity index (χ0n) is 65.7. The van der Waals surface area contributed by atoms with Crippen molar-refractivity contribution in [2.45, 2.75) is 399 Å². The molecule has 4 N–H and O–H groups in total. The maximum absolute atomic E-state index is 13.0. The third kappa shape index (κ3) is 79.6. The summed E-state index contributed by atoms with van der Waals surface area (Å²) in [7, 11) is -9.78. The fourth-order valence-electron chi connectivity index (χ4n) is 11.7. The number of hydrogen-bond donors (Lipinski definition) is 4. The molecule has 0 aliphatic carbocycles. The van der Waals surface area contributed by atoms with Crippen molar-refractivity contribution in [1.82, 2.24) is 0 Å². The van der Waals surface area contributed by atoms with E-state index in [9.17, 15) is 43.5 Å². The molecule has 5 atom stereocenters. The van der Waals surface area contributed by atoms with Gasteiger partial charge in [0.1, 0.15) is 25.4 Å². The van der Waals surface area contributed by atoms with Crippen LogP contribution in [0.3, 0.4) is 0 Å². The Labute approximate surface area is 629 Å². The van der Waals surface area contributed by atoms with E-state index in [0.29, 0.717) is 19.3 Å². The van der Waals surface area contributed by atoms with Gasteiger partial charge in [0.2, 0.25) is 0 Å². The number of unbranched alkanes of at least 4 members (excludes halogenated alkanes) is 43. The number of esters is 3. The average molecular weight is 1490 g/mol. The highest BCUT2D eigenvalue weighted by Crippen LogP contribution is 2.45. The van der Waals surface area contributed by atoms with Gasteiger partial charge in [-0.2, -0.15) is 0 Å². The fourth-order valence-corrected chi connectivity index (χ4v) is 13.3. The van der Waals surface area contributed by atoms with Crippen LogP contribution in [0.1, 0.15) is 380 Å². The topological polar surface area (TPSA) is 231 Å². The first-order valence-corrected chi connectivity index (χ1v) is 44.9. The van der Waals surface area contributed by atoms with Crippen molar-refractivity contribution in [3.63, 3.8) is 0 Å². The molecule has 0 spiro atoms. The summed E-state index contributed by atoms with van der Waals surface area (Å²) in [6, 6.07) is 0. The van der Waals surface area contributed by atoms with E-state index in [1.807, 2.05) is 0 Å². The molecule has 0 aromatic rings. The van der Waals surface area contributed by atoms with E-state index in [4.69, 9.17) is 32.3 Å². The molecular weight excluding hydrogens is 1340 g/mol. The highest BCUT2D eigenvalue weighted by atomic mass is 31.2. The Morgan fingerprint density at radius 2 is 0.515 bits per heavy atom. The molecule has 5 unspecified atom stereocenters. The van der Waals surface area contributed by atoms with E-state index in [1.54, 1.807) is 0 Å². The molecule has 0 aromatic carbocycles. The van der Waals surface area contributed by atoms with Gasteiger partial charge < -0.3 is 34.2 Å². The molecule has 0 aliphatic rings. The quantitative estimate of drug-likeness (QED) is 0.0146. The summed E-state index contributed by atoms with van der Waals surface area (Å²) in [5.74, 6) is -1.56. The molecule has 0 aliphatic heterocycles. The fraction of sp³-hybridized carbons (Fsp3) is 0.800. The Morgan fingerprint density at radius 1 is 0.282 bits per heavy atom. The summed E-state index contributed by atoms with van der Waals surface area (Å²) >= 11 is 0. The van der Waals surface area contributed by atoms with E-state index in [1.165, 1.54) is 193 Å². The molecule has 0 bridgehead atoms. The Morgan fingerprint density at radius 3 is 0.835 bits per heavy atom. The van der Waals surface area contributed by atoms with Crippen molar-refractivity contribution < 1.29 is 75.8 Å². The van der Waals surface area contributed by atoms with Gasteiger partial charge in [0, 0.05) is 19.3 Å². The van der Waals surface area contributed by atoms with Crippen LogP contribution in [0.4, 0.5) is 0 Å². The van der Waals surface area contributed by atoms with Gasteiger partial charge in [-0.15, -0.1) is 0 Å². The Kier molecular flexibility index (Phi) is 75.8. The van der Waals surface area contributed by atoms with Gasteiger partial charge in [-0.05, 0) is 96.3 Å². The molecule has 103 heavy (non-hydrogen) atoms. The van der Waals surface area contributed by atoms with E-state index in [-0.39, 0.29) is 19.3 Å². The molecule has 0 aromatic heterocycles. The van der Waals surface area contributed by atoms with Crippen LogP contribution in [0, 0.1) is 0 Å². The molecule has 0 fully saturated rings. The van der Waals surface area contributed by atoms with E-state index >= 15 is 0 Å². The lowest BCUT2D eigenvalue weighted by Gasteiger charge is -2.21. The molecule has 0 saturated heterocycles. The molecule has 16 nitrogen and oxygen atoms in total. The summed E-state index contributed by atoms with van der Waals surface area (Å²) in [6.45, 7) is 2.60. The summed E-state index contributed by atoms with van der Waals surface area (Å²) in [4.78, 5) is 58.6. The van der Waals surface area contributed by atoms with Crippen LogP contribution in [0.2, 0.25) is 0 Å². The minimum Gasteiger partial charge on any atom is -0.463 e. The van der Waals surface area contributed by atoms with Crippen LogP contribution < -0.4 is 0 Å². The molecule has 0 saturated carbocycles. The second kappa shape index (κ2) is 78.3. The number of rotatable bonds is 80. The van der Waals surface area contributed by atoms with Crippen LogP contribution >= 0.6 is 15.6 Å². The second-order valence-electron chi connectivity index (χ2n) is 28.3. The minimum absolute atomic E-state index is 0.108. The van der Waals surface area contributed by atoms with Gasteiger partial charge >= 0.3 is 33.6 Å². The number of carbonyl (C=O) groups excluding carboxylic acids is 3. The van der Waals surface area contributed by atoms with Crippen molar-refractivity contribution in [2.75, 3.05) is 39.6 Å². The second-order valence-corrected chi connectivity index (χ2v) is 31.2.